The summed E-state index contributed by atoms with van der Waals surface area (Å²) in [6.07, 6.45) is 1.14. The first-order valence-corrected chi connectivity index (χ1v) is 7.68. The van der Waals surface area contributed by atoms with Crippen molar-refractivity contribution in [1.29, 1.82) is 0 Å². The molecule has 1 unspecified atom stereocenters. The summed E-state index contributed by atoms with van der Waals surface area (Å²) in [5.74, 6) is 2.32. The molecule has 2 N–H and O–H groups in total. The van der Waals surface area contributed by atoms with E-state index in [0.717, 1.165) is 23.7 Å². The van der Waals surface area contributed by atoms with Gasteiger partial charge in [0.2, 0.25) is 5.89 Å². The zero-order valence-electron chi connectivity index (χ0n) is 11.7. The van der Waals surface area contributed by atoms with Gasteiger partial charge in [-0.3, -0.25) is 0 Å². The van der Waals surface area contributed by atoms with Crippen molar-refractivity contribution in [2.75, 3.05) is 5.32 Å². The molecular weight excluding hydrogens is 274 g/mol. The lowest BCUT2D eigenvalue weighted by Crippen LogP contribution is -2.00. The molecule has 2 rings (SSSR count). The molecule has 1 aromatic carbocycles. The number of anilines is 1. The minimum absolute atomic E-state index is 0.248. The van der Waals surface area contributed by atoms with Gasteiger partial charge in [-0.1, -0.05) is 19.0 Å². The number of rotatable bonds is 7. The van der Waals surface area contributed by atoms with E-state index in [1.165, 1.54) is 0 Å². The molecule has 2 aromatic rings. The van der Waals surface area contributed by atoms with Gasteiger partial charge in [-0.2, -0.15) is 16.7 Å². The van der Waals surface area contributed by atoms with Crippen LogP contribution in [0.2, 0.25) is 0 Å². The highest BCUT2D eigenvalue weighted by Crippen LogP contribution is 2.18. The minimum atomic E-state index is 0.248. The SMILES string of the molecule is CCC(C)SCc1noc(CNc2ccc(O)cc2)n1. The molecule has 108 valence electrons. The highest BCUT2D eigenvalue weighted by atomic mass is 32.2. The van der Waals surface area contributed by atoms with Crippen LogP contribution in [0.15, 0.2) is 28.8 Å². The normalized spacial score (nSPS) is 12.3. The number of nitrogens with one attached hydrogen (secondary N) is 1. The Hall–Kier alpha value is -1.69. The summed E-state index contributed by atoms with van der Waals surface area (Å²) in [6.45, 7) is 4.84. The van der Waals surface area contributed by atoms with Crippen molar-refractivity contribution in [2.45, 2.75) is 37.8 Å². The van der Waals surface area contributed by atoms with Crippen molar-refractivity contribution in [3.8, 4) is 5.75 Å². The lowest BCUT2D eigenvalue weighted by molar-refractivity contribution is 0.379. The molecule has 0 aliphatic heterocycles. The third-order valence-electron chi connectivity index (χ3n) is 2.89. The first kappa shape index (κ1) is 14.7. The van der Waals surface area contributed by atoms with Gasteiger partial charge in [0.1, 0.15) is 5.75 Å². The Morgan fingerprint density at radius 1 is 1.35 bits per heavy atom. The molecule has 0 bridgehead atoms. The molecule has 0 aliphatic rings. The van der Waals surface area contributed by atoms with Crippen LogP contribution in [0, 0.1) is 0 Å². The molecule has 5 nitrogen and oxygen atoms in total. The topological polar surface area (TPSA) is 71.2 Å². The summed E-state index contributed by atoms with van der Waals surface area (Å²) < 4.78 is 5.19. The predicted molar refractivity (Wildman–Crippen MR) is 80.8 cm³/mol. The maximum atomic E-state index is 9.20. The molecule has 0 saturated carbocycles. The van der Waals surface area contributed by atoms with Gasteiger partial charge in [0, 0.05) is 10.9 Å². The molecular formula is C14H19N3O2S. The van der Waals surface area contributed by atoms with Gasteiger partial charge in [0.15, 0.2) is 5.82 Å². The van der Waals surface area contributed by atoms with Crippen LogP contribution in [0.25, 0.3) is 0 Å². The van der Waals surface area contributed by atoms with Crippen LogP contribution in [-0.4, -0.2) is 20.5 Å². The Morgan fingerprint density at radius 2 is 2.10 bits per heavy atom. The Morgan fingerprint density at radius 3 is 2.80 bits per heavy atom. The van der Waals surface area contributed by atoms with E-state index in [2.05, 4.69) is 29.3 Å². The van der Waals surface area contributed by atoms with Crippen LogP contribution in [-0.2, 0) is 12.3 Å². The second-order valence-corrected chi connectivity index (χ2v) is 5.96. The van der Waals surface area contributed by atoms with E-state index in [1.54, 1.807) is 24.3 Å². The number of aromatic hydroxyl groups is 1. The smallest absolute Gasteiger partial charge is 0.245 e. The van der Waals surface area contributed by atoms with Crippen molar-refractivity contribution in [2.24, 2.45) is 0 Å². The molecule has 0 amide bonds. The van der Waals surface area contributed by atoms with Crippen molar-refractivity contribution in [3.05, 3.63) is 36.0 Å². The van der Waals surface area contributed by atoms with Crippen LogP contribution in [0.1, 0.15) is 32.0 Å². The number of thioether (sulfide) groups is 1. The van der Waals surface area contributed by atoms with Gasteiger partial charge >= 0.3 is 0 Å². The van der Waals surface area contributed by atoms with Gasteiger partial charge in [-0.25, -0.2) is 0 Å². The Bertz CT molecular complexity index is 527. The number of aromatic nitrogens is 2. The van der Waals surface area contributed by atoms with E-state index < -0.39 is 0 Å². The lowest BCUT2D eigenvalue weighted by Gasteiger charge is -2.04. The number of hydrogen-bond acceptors (Lipinski definition) is 6. The maximum absolute atomic E-state index is 9.20. The van der Waals surface area contributed by atoms with Crippen LogP contribution < -0.4 is 5.32 Å². The third kappa shape index (κ3) is 4.45. The maximum Gasteiger partial charge on any atom is 0.245 e. The summed E-state index contributed by atoms with van der Waals surface area (Å²) in [6, 6.07) is 6.85. The van der Waals surface area contributed by atoms with Crippen LogP contribution >= 0.6 is 11.8 Å². The Balaban J connectivity index is 1.82. The molecule has 1 heterocycles. The first-order valence-electron chi connectivity index (χ1n) is 6.63. The lowest BCUT2D eigenvalue weighted by atomic mass is 10.3. The molecule has 0 aliphatic carbocycles. The van der Waals surface area contributed by atoms with Crippen molar-refractivity contribution >= 4 is 17.4 Å². The van der Waals surface area contributed by atoms with E-state index in [4.69, 9.17) is 4.52 Å². The summed E-state index contributed by atoms with van der Waals surface area (Å²) in [5.41, 5.74) is 0.900. The predicted octanol–water partition coefficient (Wildman–Crippen LogP) is 3.42. The number of phenols is 1. The van der Waals surface area contributed by atoms with Gasteiger partial charge in [-0.05, 0) is 30.7 Å². The summed E-state index contributed by atoms with van der Waals surface area (Å²) in [5, 5.41) is 16.9. The van der Waals surface area contributed by atoms with Crippen LogP contribution in [0.4, 0.5) is 5.69 Å². The summed E-state index contributed by atoms with van der Waals surface area (Å²) in [7, 11) is 0. The highest BCUT2D eigenvalue weighted by molar-refractivity contribution is 7.99. The number of hydrogen-bond donors (Lipinski definition) is 2. The van der Waals surface area contributed by atoms with E-state index >= 15 is 0 Å². The monoisotopic (exact) mass is 293 g/mol. The molecule has 0 fully saturated rings. The third-order valence-corrected chi connectivity index (χ3v) is 4.22. The molecule has 0 spiro atoms. The Kier molecular flexibility index (Phi) is 5.29. The fourth-order valence-electron chi connectivity index (χ4n) is 1.51. The summed E-state index contributed by atoms with van der Waals surface area (Å²) in [4.78, 5) is 4.34. The standard InChI is InChI=1S/C14H19N3O2S/c1-3-10(2)20-9-13-16-14(19-17-13)8-15-11-4-6-12(18)7-5-11/h4-7,10,15,18H,3,8-9H2,1-2H3. The molecule has 20 heavy (non-hydrogen) atoms. The van der Waals surface area contributed by atoms with E-state index in [0.29, 0.717) is 17.7 Å². The van der Waals surface area contributed by atoms with Gasteiger partial charge in [-0.15, -0.1) is 0 Å². The molecule has 1 atom stereocenters. The average Bonchev–Trinajstić information content (AvgIpc) is 2.92. The highest BCUT2D eigenvalue weighted by Gasteiger charge is 2.08. The van der Waals surface area contributed by atoms with E-state index in [9.17, 15) is 5.11 Å². The van der Waals surface area contributed by atoms with E-state index in [-0.39, 0.29) is 5.75 Å². The van der Waals surface area contributed by atoms with Gasteiger partial charge in [0.25, 0.3) is 0 Å². The second-order valence-electron chi connectivity index (χ2n) is 4.53. The zero-order chi connectivity index (χ0) is 14.4. The van der Waals surface area contributed by atoms with Crippen LogP contribution in [0.5, 0.6) is 5.75 Å². The molecule has 0 saturated heterocycles. The van der Waals surface area contributed by atoms with Crippen LogP contribution in [0.3, 0.4) is 0 Å². The quantitative estimate of drug-likeness (QED) is 0.762. The second kappa shape index (κ2) is 7.19. The number of benzene rings is 1. The van der Waals surface area contributed by atoms with Crippen molar-refractivity contribution < 1.29 is 9.63 Å². The molecule has 0 radical (unpaired) electrons. The van der Waals surface area contributed by atoms with Crippen molar-refractivity contribution in [1.82, 2.24) is 10.1 Å². The van der Waals surface area contributed by atoms with Gasteiger partial charge in [0.05, 0.1) is 12.3 Å². The van der Waals surface area contributed by atoms with E-state index in [1.807, 2.05) is 11.8 Å². The van der Waals surface area contributed by atoms with Crippen molar-refractivity contribution in [3.63, 3.8) is 0 Å². The number of nitrogens with zero attached hydrogens (tertiary/aromatic N) is 2. The number of phenolic OH excluding ortho intramolecular Hbond substituents is 1. The van der Waals surface area contributed by atoms with Gasteiger partial charge < -0.3 is 14.9 Å². The largest absolute Gasteiger partial charge is 0.508 e. The fourth-order valence-corrected chi connectivity index (χ4v) is 2.30. The average molecular weight is 293 g/mol. The molecule has 1 aromatic heterocycles. The first-order chi connectivity index (χ1) is 9.67. The zero-order valence-corrected chi connectivity index (χ0v) is 12.5. The molecule has 6 heteroatoms. The Labute approximate surface area is 122 Å². The minimum Gasteiger partial charge on any atom is -0.508 e. The fraction of sp³-hybridized carbons (Fsp3) is 0.429. The summed E-state index contributed by atoms with van der Waals surface area (Å²) >= 11 is 1.83.